The normalized spacial score (nSPS) is 11.7. The van der Waals surface area contributed by atoms with Crippen LogP contribution in [0.4, 0.5) is 0 Å². The number of aromatic nitrogens is 4. The van der Waals surface area contributed by atoms with Crippen LogP contribution < -0.4 is 0 Å². The van der Waals surface area contributed by atoms with Gasteiger partial charge in [0.2, 0.25) is 5.82 Å². The van der Waals surface area contributed by atoms with Crippen molar-refractivity contribution in [1.29, 1.82) is 0 Å². The number of carbonyl (C=O) groups is 1. The van der Waals surface area contributed by atoms with Gasteiger partial charge in [0.05, 0.1) is 19.1 Å². The van der Waals surface area contributed by atoms with Gasteiger partial charge in [0, 0.05) is 5.56 Å². The quantitative estimate of drug-likeness (QED) is 0.794. The van der Waals surface area contributed by atoms with Crippen molar-refractivity contribution in [1.82, 2.24) is 20.2 Å². The molecule has 1 aromatic heterocycles. The highest BCUT2D eigenvalue weighted by Crippen LogP contribution is 2.21. The lowest BCUT2D eigenvalue weighted by molar-refractivity contribution is -0.151. The first-order valence-corrected chi connectivity index (χ1v) is 7.30. The summed E-state index contributed by atoms with van der Waals surface area (Å²) in [5.74, 6) is 0.738. The predicted molar refractivity (Wildman–Crippen MR) is 83.1 cm³/mol. The van der Waals surface area contributed by atoms with E-state index < -0.39 is 5.41 Å². The highest BCUT2D eigenvalue weighted by atomic mass is 16.5. The summed E-state index contributed by atoms with van der Waals surface area (Å²) in [6.07, 6.45) is 0. The van der Waals surface area contributed by atoms with Crippen molar-refractivity contribution in [3.63, 3.8) is 0 Å². The van der Waals surface area contributed by atoms with E-state index >= 15 is 0 Å². The van der Waals surface area contributed by atoms with Crippen LogP contribution in [0.2, 0.25) is 0 Å². The van der Waals surface area contributed by atoms with E-state index in [1.54, 1.807) is 13.8 Å². The molecule has 0 spiro atoms. The molecule has 0 saturated carbocycles. The fraction of sp³-hybridized carbons (Fsp3) is 0.500. The number of esters is 1. The highest BCUT2D eigenvalue weighted by Gasteiger charge is 2.30. The number of hydrogen-bond donors (Lipinski definition) is 0. The first-order chi connectivity index (χ1) is 10.3. The molecule has 0 bridgehead atoms. The third-order valence-corrected chi connectivity index (χ3v) is 3.56. The van der Waals surface area contributed by atoms with Crippen LogP contribution in [0.15, 0.2) is 24.3 Å². The number of ether oxygens (including phenoxy) is 1. The van der Waals surface area contributed by atoms with Crippen LogP contribution in [0.25, 0.3) is 11.4 Å². The average Bonchev–Trinajstić information content (AvgIpc) is 2.94. The van der Waals surface area contributed by atoms with Crippen LogP contribution in [-0.2, 0) is 16.1 Å². The molecule has 22 heavy (non-hydrogen) atoms. The van der Waals surface area contributed by atoms with E-state index in [9.17, 15) is 4.79 Å². The van der Waals surface area contributed by atoms with E-state index in [0.717, 1.165) is 5.56 Å². The van der Waals surface area contributed by atoms with Crippen molar-refractivity contribution in [3.05, 3.63) is 29.8 Å². The van der Waals surface area contributed by atoms with Gasteiger partial charge in [-0.2, -0.15) is 4.80 Å². The van der Waals surface area contributed by atoms with Crippen LogP contribution in [0.5, 0.6) is 0 Å². The Morgan fingerprint density at radius 1 is 1.27 bits per heavy atom. The minimum Gasteiger partial charge on any atom is -0.469 e. The van der Waals surface area contributed by atoms with E-state index in [4.69, 9.17) is 4.74 Å². The van der Waals surface area contributed by atoms with Gasteiger partial charge in [-0.25, -0.2) is 0 Å². The summed E-state index contributed by atoms with van der Waals surface area (Å²) >= 11 is 0. The van der Waals surface area contributed by atoms with Crippen molar-refractivity contribution >= 4 is 5.97 Å². The SMILES string of the molecule is COC(=O)C(C)(C)Cn1nnc(-c2ccc(C(C)C)cc2)n1. The molecule has 1 aromatic carbocycles. The Labute approximate surface area is 130 Å². The molecule has 6 nitrogen and oxygen atoms in total. The maximum atomic E-state index is 11.7. The van der Waals surface area contributed by atoms with Gasteiger partial charge in [0.15, 0.2) is 0 Å². The van der Waals surface area contributed by atoms with Gasteiger partial charge < -0.3 is 4.74 Å². The third kappa shape index (κ3) is 3.50. The number of hydrogen-bond acceptors (Lipinski definition) is 5. The maximum Gasteiger partial charge on any atom is 0.313 e. The lowest BCUT2D eigenvalue weighted by atomic mass is 9.94. The molecule has 0 aliphatic rings. The molecule has 0 radical (unpaired) electrons. The van der Waals surface area contributed by atoms with E-state index in [-0.39, 0.29) is 5.97 Å². The first kappa shape index (κ1) is 16.1. The van der Waals surface area contributed by atoms with Crippen LogP contribution in [0.3, 0.4) is 0 Å². The molecular formula is C16H22N4O2. The van der Waals surface area contributed by atoms with Crippen molar-refractivity contribution in [3.8, 4) is 11.4 Å². The minimum absolute atomic E-state index is 0.298. The predicted octanol–water partition coefficient (Wildman–Crippen LogP) is 2.66. The standard InChI is InChI=1S/C16H22N4O2/c1-11(2)12-6-8-13(9-7-12)14-17-19-20(18-14)10-16(3,4)15(21)22-5/h6-9,11H,10H2,1-5H3. The van der Waals surface area contributed by atoms with Crippen molar-refractivity contribution in [2.24, 2.45) is 5.41 Å². The van der Waals surface area contributed by atoms with Crippen molar-refractivity contribution in [2.45, 2.75) is 40.2 Å². The Morgan fingerprint density at radius 2 is 1.91 bits per heavy atom. The summed E-state index contributed by atoms with van der Waals surface area (Å²) in [5, 5.41) is 12.4. The fourth-order valence-corrected chi connectivity index (χ4v) is 2.14. The van der Waals surface area contributed by atoms with Crippen LogP contribution in [-0.4, -0.2) is 33.3 Å². The van der Waals surface area contributed by atoms with Gasteiger partial charge in [-0.3, -0.25) is 4.79 Å². The minimum atomic E-state index is -0.700. The van der Waals surface area contributed by atoms with E-state index in [2.05, 4.69) is 41.4 Å². The molecule has 0 aliphatic heterocycles. The van der Waals surface area contributed by atoms with Gasteiger partial charge in [-0.1, -0.05) is 38.1 Å². The second-order valence-corrected chi connectivity index (χ2v) is 6.30. The van der Waals surface area contributed by atoms with Gasteiger partial charge >= 0.3 is 5.97 Å². The Kier molecular flexibility index (Phi) is 4.59. The largest absolute Gasteiger partial charge is 0.469 e. The molecular weight excluding hydrogens is 280 g/mol. The highest BCUT2D eigenvalue weighted by molar-refractivity contribution is 5.75. The molecule has 0 unspecified atom stereocenters. The van der Waals surface area contributed by atoms with Crippen molar-refractivity contribution in [2.75, 3.05) is 7.11 Å². The molecule has 0 saturated heterocycles. The van der Waals surface area contributed by atoms with Gasteiger partial charge in [-0.15, -0.1) is 10.2 Å². The number of rotatable bonds is 5. The van der Waals surface area contributed by atoms with Crippen LogP contribution in [0, 0.1) is 5.41 Å². The number of carbonyl (C=O) groups excluding carboxylic acids is 1. The monoisotopic (exact) mass is 302 g/mol. The third-order valence-electron chi connectivity index (χ3n) is 3.56. The van der Waals surface area contributed by atoms with Crippen molar-refractivity contribution < 1.29 is 9.53 Å². The molecule has 0 aliphatic carbocycles. The summed E-state index contributed by atoms with van der Waals surface area (Å²) in [6, 6.07) is 8.11. The summed E-state index contributed by atoms with van der Waals surface area (Å²) in [5.41, 5.74) is 1.48. The zero-order valence-corrected chi connectivity index (χ0v) is 13.7. The topological polar surface area (TPSA) is 69.9 Å². The van der Waals surface area contributed by atoms with Crippen LogP contribution in [0.1, 0.15) is 39.2 Å². The average molecular weight is 302 g/mol. The molecule has 2 aromatic rings. The van der Waals surface area contributed by atoms with Gasteiger partial charge in [-0.05, 0) is 30.5 Å². The van der Waals surface area contributed by atoms with Gasteiger partial charge in [0.1, 0.15) is 0 Å². The lowest BCUT2D eigenvalue weighted by Gasteiger charge is -2.19. The molecule has 0 atom stereocenters. The Balaban J connectivity index is 2.16. The summed E-state index contributed by atoms with van der Waals surface area (Å²) in [4.78, 5) is 13.1. The zero-order valence-electron chi connectivity index (χ0n) is 13.7. The Morgan fingerprint density at radius 3 is 2.45 bits per heavy atom. The molecule has 0 fully saturated rings. The maximum absolute atomic E-state index is 11.7. The Hall–Kier alpha value is -2.24. The molecule has 1 heterocycles. The number of methoxy groups -OCH3 is 1. The van der Waals surface area contributed by atoms with Gasteiger partial charge in [0.25, 0.3) is 0 Å². The second-order valence-electron chi connectivity index (χ2n) is 6.30. The molecule has 118 valence electrons. The second kappa shape index (κ2) is 6.25. The summed E-state index contributed by atoms with van der Waals surface area (Å²) in [7, 11) is 1.38. The lowest BCUT2D eigenvalue weighted by Crippen LogP contribution is -2.31. The Bertz CT molecular complexity index is 644. The first-order valence-electron chi connectivity index (χ1n) is 7.30. The van der Waals surface area contributed by atoms with Crippen LogP contribution >= 0.6 is 0 Å². The summed E-state index contributed by atoms with van der Waals surface area (Å²) < 4.78 is 4.79. The van der Waals surface area contributed by atoms with E-state index in [0.29, 0.717) is 18.3 Å². The van der Waals surface area contributed by atoms with E-state index in [1.807, 2.05) is 12.1 Å². The molecule has 0 amide bonds. The molecule has 2 rings (SSSR count). The smallest absolute Gasteiger partial charge is 0.313 e. The number of tetrazole rings is 1. The molecule has 0 N–H and O–H groups in total. The zero-order chi connectivity index (χ0) is 16.3. The fourth-order valence-electron chi connectivity index (χ4n) is 2.14. The number of benzene rings is 1. The summed E-state index contributed by atoms with van der Waals surface area (Å²) in [6.45, 7) is 8.20. The number of nitrogens with zero attached hydrogens (tertiary/aromatic N) is 4. The molecule has 6 heteroatoms. The van der Waals surface area contributed by atoms with E-state index in [1.165, 1.54) is 17.5 Å².